The first kappa shape index (κ1) is 12.4. The molecule has 0 spiro atoms. The van der Waals surface area contributed by atoms with E-state index in [1.807, 2.05) is 0 Å². The van der Waals surface area contributed by atoms with Gasteiger partial charge in [-0.1, -0.05) is 0 Å². The number of carbonyl (C=O) groups excluding carboxylic acids is 1. The lowest BCUT2D eigenvalue weighted by Gasteiger charge is -2.19. The monoisotopic (exact) mass is 227 g/mol. The van der Waals surface area contributed by atoms with E-state index in [1.54, 1.807) is 20.8 Å². The van der Waals surface area contributed by atoms with E-state index in [2.05, 4.69) is 4.98 Å². The van der Waals surface area contributed by atoms with Gasteiger partial charge in [0.05, 0.1) is 0 Å². The van der Waals surface area contributed by atoms with Crippen molar-refractivity contribution in [3.05, 3.63) is 24.3 Å². The van der Waals surface area contributed by atoms with E-state index in [4.69, 9.17) is 9.47 Å². The Labute approximate surface area is 93.4 Å². The highest BCUT2D eigenvalue weighted by molar-refractivity contribution is 5.71. The zero-order valence-electron chi connectivity index (χ0n) is 9.49. The summed E-state index contributed by atoms with van der Waals surface area (Å²) in [6.45, 7) is 4.90. The molecule has 0 saturated carbocycles. The van der Waals surface area contributed by atoms with Crippen LogP contribution in [-0.4, -0.2) is 23.2 Å². The molecule has 1 aromatic heterocycles. The summed E-state index contributed by atoms with van der Waals surface area (Å²) in [5.74, 6) is -1.35. The van der Waals surface area contributed by atoms with Crippen LogP contribution in [0.1, 0.15) is 20.8 Å². The van der Waals surface area contributed by atoms with Crippen molar-refractivity contribution >= 4 is 5.97 Å². The summed E-state index contributed by atoms with van der Waals surface area (Å²) in [4.78, 5) is 14.6. The molecule has 0 aliphatic carbocycles. The van der Waals surface area contributed by atoms with Gasteiger partial charge in [-0.05, 0) is 32.9 Å². The fraction of sp³-hybridized carbons (Fsp3) is 0.455. The van der Waals surface area contributed by atoms with Crippen LogP contribution in [0.3, 0.4) is 0 Å². The molecule has 1 aromatic rings. The molecule has 0 aliphatic rings. The lowest BCUT2D eigenvalue weighted by Crippen LogP contribution is -2.27. The van der Waals surface area contributed by atoms with E-state index in [0.29, 0.717) is 0 Å². The van der Waals surface area contributed by atoms with Crippen LogP contribution in [0.4, 0.5) is 4.39 Å². The first-order chi connectivity index (χ1) is 7.38. The second-order valence-corrected chi connectivity index (χ2v) is 4.17. The molecule has 0 bridgehead atoms. The molecule has 1 rings (SSSR count). The Morgan fingerprint density at radius 3 is 2.75 bits per heavy atom. The van der Waals surface area contributed by atoms with Crippen LogP contribution in [0.25, 0.3) is 0 Å². The Morgan fingerprint density at radius 1 is 1.50 bits per heavy atom. The van der Waals surface area contributed by atoms with E-state index in [-0.39, 0.29) is 12.4 Å². The van der Waals surface area contributed by atoms with Crippen molar-refractivity contribution in [2.24, 2.45) is 0 Å². The molecule has 5 heteroatoms. The Hall–Kier alpha value is -1.65. The summed E-state index contributed by atoms with van der Waals surface area (Å²) < 4.78 is 22.9. The number of rotatable bonds is 3. The lowest BCUT2D eigenvalue weighted by atomic mass is 10.2. The first-order valence-electron chi connectivity index (χ1n) is 4.83. The van der Waals surface area contributed by atoms with Crippen molar-refractivity contribution in [2.45, 2.75) is 26.4 Å². The summed E-state index contributed by atoms with van der Waals surface area (Å²) in [7, 11) is 0. The SMILES string of the molecule is CC(C)(C)OC(=O)COc1cccnc1F. The number of nitrogens with zero attached hydrogens (tertiary/aromatic N) is 1. The van der Waals surface area contributed by atoms with Crippen LogP contribution in [0, 0.1) is 5.95 Å². The van der Waals surface area contributed by atoms with Crippen molar-refractivity contribution in [1.29, 1.82) is 0 Å². The van der Waals surface area contributed by atoms with Crippen molar-refractivity contribution < 1.29 is 18.7 Å². The highest BCUT2D eigenvalue weighted by Crippen LogP contribution is 2.13. The predicted molar refractivity (Wildman–Crippen MR) is 55.5 cm³/mol. The van der Waals surface area contributed by atoms with Crippen molar-refractivity contribution in [2.75, 3.05) is 6.61 Å². The number of hydrogen-bond acceptors (Lipinski definition) is 4. The summed E-state index contributed by atoms with van der Waals surface area (Å²) >= 11 is 0. The van der Waals surface area contributed by atoms with Crippen LogP contribution in [0.15, 0.2) is 18.3 Å². The minimum Gasteiger partial charge on any atom is -0.477 e. The molecule has 0 radical (unpaired) electrons. The molecule has 0 N–H and O–H groups in total. The first-order valence-corrected chi connectivity index (χ1v) is 4.83. The number of esters is 1. The zero-order valence-corrected chi connectivity index (χ0v) is 9.49. The molecule has 0 aliphatic heterocycles. The largest absolute Gasteiger partial charge is 0.477 e. The number of halogens is 1. The summed E-state index contributed by atoms with van der Waals surface area (Å²) in [6.07, 6.45) is 1.30. The van der Waals surface area contributed by atoms with Gasteiger partial charge >= 0.3 is 5.97 Å². The Balaban J connectivity index is 2.47. The van der Waals surface area contributed by atoms with Gasteiger partial charge in [-0.2, -0.15) is 4.39 Å². The number of carbonyl (C=O) groups is 1. The molecule has 0 saturated heterocycles. The van der Waals surface area contributed by atoms with E-state index >= 15 is 0 Å². The highest BCUT2D eigenvalue weighted by Gasteiger charge is 2.17. The molecule has 0 aromatic carbocycles. The Kier molecular flexibility index (Phi) is 3.82. The molecule has 0 atom stereocenters. The van der Waals surface area contributed by atoms with E-state index in [9.17, 15) is 9.18 Å². The normalized spacial score (nSPS) is 11.0. The quantitative estimate of drug-likeness (QED) is 0.585. The Bertz CT molecular complexity index is 374. The average molecular weight is 227 g/mol. The number of hydrogen-bond donors (Lipinski definition) is 0. The zero-order chi connectivity index (χ0) is 12.2. The third-order valence-corrected chi connectivity index (χ3v) is 1.49. The second-order valence-electron chi connectivity index (χ2n) is 4.17. The summed E-state index contributed by atoms with van der Waals surface area (Å²) in [5.41, 5.74) is -0.575. The van der Waals surface area contributed by atoms with E-state index < -0.39 is 17.5 Å². The van der Waals surface area contributed by atoms with Crippen LogP contribution in [0.2, 0.25) is 0 Å². The van der Waals surface area contributed by atoms with Gasteiger partial charge < -0.3 is 9.47 Å². The van der Waals surface area contributed by atoms with Crippen LogP contribution in [-0.2, 0) is 9.53 Å². The number of pyridine rings is 1. The maximum Gasteiger partial charge on any atom is 0.344 e. The van der Waals surface area contributed by atoms with E-state index in [1.165, 1.54) is 18.3 Å². The fourth-order valence-electron chi connectivity index (χ4n) is 0.987. The van der Waals surface area contributed by atoms with Crippen LogP contribution >= 0.6 is 0 Å². The Morgan fingerprint density at radius 2 is 2.19 bits per heavy atom. The van der Waals surface area contributed by atoms with Crippen molar-refractivity contribution in [3.8, 4) is 5.75 Å². The van der Waals surface area contributed by atoms with Gasteiger partial charge in [0.1, 0.15) is 5.60 Å². The topological polar surface area (TPSA) is 48.4 Å². The number of ether oxygens (including phenoxy) is 2. The molecular weight excluding hydrogens is 213 g/mol. The third kappa shape index (κ3) is 4.25. The minimum atomic E-state index is -0.744. The molecule has 0 fully saturated rings. The molecule has 4 nitrogen and oxygen atoms in total. The number of aromatic nitrogens is 1. The van der Waals surface area contributed by atoms with Crippen molar-refractivity contribution in [3.63, 3.8) is 0 Å². The van der Waals surface area contributed by atoms with Crippen LogP contribution in [0.5, 0.6) is 5.75 Å². The van der Waals surface area contributed by atoms with Gasteiger partial charge in [-0.25, -0.2) is 9.78 Å². The third-order valence-electron chi connectivity index (χ3n) is 1.49. The molecule has 0 amide bonds. The van der Waals surface area contributed by atoms with Gasteiger partial charge in [0, 0.05) is 6.20 Å². The van der Waals surface area contributed by atoms with E-state index in [0.717, 1.165) is 0 Å². The fourth-order valence-corrected chi connectivity index (χ4v) is 0.987. The standard InChI is InChI=1S/C11H14FNO3/c1-11(2,3)16-9(14)7-15-8-5-4-6-13-10(8)12/h4-6H,7H2,1-3H3. The molecular formula is C11H14FNO3. The van der Waals surface area contributed by atoms with Gasteiger partial charge in [0.15, 0.2) is 12.4 Å². The molecule has 88 valence electrons. The van der Waals surface area contributed by atoms with Crippen molar-refractivity contribution in [1.82, 2.24) is 4.98 Å². The molecule has 16 heavy (non-hydrogen) atoms. The predicted octanol–water partition coefficient (Wildman–Crippen LogP) is 1.94. The maximum absolute atomic E-state index is 13.0. The smallest absolute Gasteiger partial charge is 0.344 e. The van der Waals surface area contributed by atoms with Gasteiger partial charge in [0.25, 0.3) is 5.95 Å². The minimum absolute atomic E-state index is 0.0617. The highest BCUT2D eigenvalue weighted by atomic mass is 19.1. The van der Waals surface area contributed by atoms with Gasteiger partial charge in [0.2, 0.25) is 0 Å². The summed E-state index contributed by atoms with van der Waals surface area (Å²) in [6, 6.07) is 2.92. The molecule has 0 unspecified atom stereocenters. The average Bonchev–Trinajstić information content (AvgIpc) is 2.14. The lowest BCUT2D eigenvalue weighted by molar-refractivity contribution is -0.157. The van der Waals surface area contributed by atoms with Crippen LogP contribution < -0.4 is 4.74 Å². The summed E-state index contributed by atoms with van der Waals surface area (Å²) in [5, 5.41) is 0. The second kappa shape index (κ2) is 4.92. The molecule has 1 heterocycles. The van der Waals surface area contributed by atoms with Gasteiger partial charge in [-0.3, -0.25) is 0 Å². The maximum atomic E-state index is 13.0. The van der Waals surface area contributed by atoms with Gasteiger partial charge in [-0.15, -0.1) is 0 Å².